The summed E-state index contributed by atoms with van der Waals surface area (Å²) in [6.07, 6.45) is -0.726. The van der Waals surface area contributed by atoms with Crippen LogP contribution in [0.1, 0.15) is 6.92 Å². The van der Waals surface area contributed by atoms with E-state index in [2.05, 4.69) is 10.6 Å². The third-order valence-corrected chi connectivity index (χ3v) is 1.26. The van der Waals surface area contributed by atoms with Gasteiger partial charge in [0.1, 0.15) is 0 Å². The molecule has 68 valence electrons. The van der Waals surface area contributed by atoms with Crippen molar-refractivity contribution in [3.05, 3.63) is 0 Å². The van der Waals surface area contributed by atoms with Crippen LogP contribution in [0.2, 0.25) is 0 Å². The van der Waals surface area contributed by atoms with Crippen LogP contribution in [0.4, 0.5) is 0 Å². The first-order chi connectivity index (χ1) is 5.16. The summed E-state index contributed by atoms with van der Waals surface area (Å²) in [5.74, 6) is 0. The highest BCUT2D eigenvalue weighted by Crippen LogP contribution is 1.78. The van der Waals surface area contributed by atoms with Crippen LogP contribution >= 0.6 is 0 Å². The molecule has 0 aromatic carbocycles. The summed E-state index contributed by atoms with van der Waals surface area (Å²) in [5, 5.41) is 23.8. The van der Waals surface area contributed by atoms with E-state index in [1.165, 1.54) is 0 Å². The third-order valence-electron chi connectivity index (χ3n) is 1.26. The molecule has 0 rings (SSSR count). The van der Waals surface area contributed by atoms with Crippen molar-refractivity contribution >= 4 is 0 Å². The lowest BCUT2D eigenvalue weighted by molar-refractivity contribution is 0.153. The summed E-state index contributed by atoms with van der Waals surface area (Å²) in [6.45, 7) is 3.33. The minimum Gasteiger partial charge on any atom is -0.392 e. The van der Waals surface area contributed by atoms with Gasteiger partial charge in [0.2, 0.25) is 0 Å². The molecule has 0 saturated carbocycles. The molecule has 0 aromatic heterocycles. The van der Waals surface area contributed by atoms with E-state index >= 15 is 0 Å². The Morgan fingerprint density at radius 3 is 2.27 bits per heavy atom. The molecular formula is C7H18N2O2. The molecule has 4 N–H and O–H groups in total. The Morgan fingerprint density at radius 1 is 1.18 bits per heavy atom. The van der Waals surface area contributed by atoms with Crippen molar-refractivity contribution in [2.45, 2.75) is 19.1 Å². The van der Waals surface area contributed by atoms with Crippen LogP contribution in [0.25, 0.3) is 0 Å². The van der Waals surface area contributed by atoms with Gasteiger partial charge in [-0.1, -0.05) is 0 Å². The summed E-state index contributed by atoms with van der Waals surface area (Å²) in [5.41, 5.74) is 0. The third kappa shape index (κ3) is 7.74. The number of aliphatic hydroxyl groups excluding tert-OH is 2. The summed E-state index contributed by atoms with van der Waals surface area (Å²) < 4.78 is 0. The largest absolute Gasteiger partial charge is 0.392 e. The maximum Gasteiger partial charge on any atom is 0.0788 e. The summed E-state index contributed by atoms with van der Waals surface area (Å²) >= 11 is 0. The number of hydrogen-bond acceptors (Lipinski definition) is 4. The van der Waals surface area contributed by atoms with Gasteiger partial charge in [0.15, 0.2) is 0 Å². The fourth-order valence-corrected chi connectivity index (χ4v) is 0.767. The average molecular weight is 162 g/mol. The van der Waals surface area contributed by atoms with E-state index in [1.54, 1.807) is 14.0 Å². The van der Waals surface area contributed by atoms with Crippen molar-refractivity contribution in [1.82, 2.24) is 10.6 Å². The number of hydrogen-bond donors (Lipinski definition) is 4. The Morgan fingerprint density at radius 2 is 1.82 bits per heavy atom. The Hall–Kier alpha value is -0.160. The monoisotopic (exact) mass is 162 g/mol. The van der Waals surface area contributed by atoms with Gasteiger partial charge in [-0.25, -0.2) is 0 Å². The smallest absolute Gasteiger partial charge is 0.0788 e. The molecule has 0 fully saturated rings. The maximum absolute atomic E-state index is 9.16. The van der Waals surface area contributed by atoms with Gasteiger partial charge in [-0.3, -0.25) is 0 Å². The molecule has 2 atom stereocenters. The van der Waals surface area contributed by atoms with Crippen LogP contribution in [-0.2, 0) is 0 Å². The van der Waals surface area contributed by atoms with E-state index in [9.17, 15) is 0 Å². The van der Waals surface area contributed by atoms with Crippen molar-refractivity contribution in [1.29, 1.82) is 0 Å². The SMILES string of the molecule is CNCC(O)CNCC(C)O. The Bertz CT molecular complexity index is 88.5. The lowest BCUT2D eigenvalue weighted by atomic mass is 10.3. The predicted molar refractivity (Wildman–Crippen MR) is 44.5 cm³/mol. The van der Waals surface area contributed by atoms with Gasteiger partial charge in [0.05, 0.1) is 12.2 Å². The average Bonchev–Trinajstić information content (AvgIpc) is 1.87. The summed E-state index contributed by atoms with van der Waals surface area (Å²) in [4.78, 5) is 0. The van der Waals surface area contributed by atoms with E-state index in [0.29, 0.717) is 19.6 Å². The zero-order valence-electron chi connectivity index (χ0n) is 7.17. The van der Waals surface area contributed by atoms with Gasteiger partial charge in [0.25, 0.3) is 0 Å². The summed E-state index contributed by atoms with van der Waals surface area (Å²) in [7, 11) is 1.79. The number of rotatable bonds is 6. The van der Waals surface area contributed by atoms with E-state index in [1.807, 2.05) is 0 Å². The number of aliphatic hydroxyl groups is 2. The summed E-state index contributed by atoms with van der Waals surface area (Å²) in [6, 6.07) is 0. The molecule has 2 unspecified atom stereocenters. The molecule has 4 nitrogen and oxygen atoms in total. The van der Waals surface area contributed by atoms with Crippen molar-refractivity contribution in [2.24, 2.45) is 0 Å². The first-order valence-electron chi connectivity index (χ1n) is 3.88. The van der Waals surface area contributed by atoms with Gasteiger partial charge < -0.3 is 20.8 Å². The van der Waals surface area contributed by atoms with Gasteiger partial charge in [-0.2, -0.15) is 0 Å². The van der Waals surface area contributed by atoms with Crippen LogP contribution in [-0.4, -0.2) is 49.1 Å². The first kappa shape index (κ1) is 10.8. The molecule has 0 bridgehead atoms. The van der Waals surface area contributed by atoms with Crippen LogP contribution in [0.5, 0.6) is 0 Å². The van der Waals surface area contributed by atoms with Crippen molar-refractivity contribution in [3.8, 4) is 0 Å². The first-order valence-corrected chi connectivity index (χ1v) is 3.88. The maximum atomic E-state index is 9.16. The Labute approximate surface area is 67.6 Å². The fraction of sp³-hybridized carbons (Fsp3) is 1.00. The Kier molecular flexibility index (Phi) is 6.45. The molecule has 0 aromatic rings. The van der Waals surface area contributed by atoms with Crippen LogP contribution in [0.15, 0.2) is 0 Å². The topological polar surface area (TPSA) is 64.5 Å². The molecule has 0 radical (unpaired) electrons. The van der Waals surface area contributed by atoms with Gasteiger partial charge >= 0.3 is 0 Å². The molecule has 4 heteroatoms. The van der Waals surface area contributed by atoms with Gasteiger partial charge in [-0.15, -0.1) is 0 Å². The Balaban J connectivity index is 3.10. The van der Waals surface area contributed by atoms with E-state index in [4.69, 9.17) is 10.2 Å². The molecular weight excluding hydrogens is 144 g/mol. The van der Waals surface area contributed by atoms with Crippen LogP contribution in [0.3, 0.4) is 0 Å². The molecule has 0 aliphatic heterocycles. The second-order valence-corrected chi connectivity index (χ2v) is 2.72. The van der Waals surface area contributed by atoms with E-state index < -0.39 is 0 Å². The van der Waals surface area contributed by atoms with Crippen LogP contribution < -0.4 is 10.6 Å². The minimum absolute atomic E-state index is 0.350. The van der Waals surface area contributed by atoms with Crippen molar-refractivity contribution in [2.75, 3.05) is 26.7 Å². The molecule has 0 aliphatic carbocycles. The molecule has 0 spiro atoms. The van der Waals surface area contributed by atoms with E-state index in [-0.39, 0.29) is 12.2 Å². The highest BCUT2D eigenvalue weighted by Gasteiger charge is 2.01. The second-order valence-electron chi connectivity index (χ2n) is 2.72. The molecule has 0 heterocycles. The molecule has 0 saturated heterocycles. The highest BCUT2D eigenvalue weighted by atomic mass is 16.3. The standard InChI is InChI=1S/C7H18N2O2/c1-6(10)3-9-5-7(11)4-8-2/h6-11H,3-5H2,1-2H3. The normalized spacial score (nSPS) is 16.4. The predicted octanol–water partition coefficient (Wildman–Crippen LogP) is -1.46. The molecule has 0 amide bonds. The second kappa shape index (κ2) is 6.54. The minimum atomic E-state index is -0.376. The van der Waals surface area contributed by atoms with Gasteiger partial charge in [-0.05, 0) is 14.0 Å². The van der Waals surface area contributed by atoms with Crippen LogP contribution in [0, 0.1) is 0 Å². The zero-order valence-corrected chi connectivity index (χ0v) is 7.17. The van der Waals surface area contributed by atoms with Crippen molar-refractivity contribution in [3.63, 3.8) is 0 Å². The van der Waals surface area contributed by atoms with Crippen molar-refractivity contribution < 1.29 is 10.2 Å². The zero-order chi connectivity index (χ0) is 8.69. The molecule has 0 aliphatic rings. The highest BCUT2D eigenvalue weighted by molar-refractivity contribution is 4.62. The lowest BCUT2D eigenvalue weighted by Gasteiger charge is -2.11. The number of likely N-dealkylation sites (N-methyl/N-ethyl adjacent to an activating group) is 1. The lowest BCUT2D eigenvalue weighted by Crippen LogP contribution is -2.36. The molecule has 11 heavy (non-hydrogen) atoms. The quantitative estimate of drug-likeness (QED) is 0.385. The van der Waals surface area contributed by atoms with E-state index in [0.717, 1.165) is 0 Å². The fourth-order valence-electron chi connectivity index (χ4n) is 0.767. The van der Waals surface area contributed by atoms with Gasteiger partial charge in [0, 0.05) is 19.6 Å². The number of nitrogens with one attached hydrogen (secondary N) is 2.